The van der Waals surface area contributed by atoms with Crippen LogP contribution in [0.4, 0.5) is 17.1 Å². The molecule has 1 heterocycles. The summed E-state index contributed by atoms with van der Waals surface area (Å²) < 4.78 is 38.2. The second-order valence-electron chi connectivity index (χ2n) is 6.03. The average Bonchev–Trinajstić information content (AvgIpc) is 3.27. The number of nitrogens with one attached hydrogen (secondary N) is 2. The molecule has 3 rings (SSSR count). The van der Waals surface area contributed by atoms with Gasteiger partial charge in [-0.1, -0.05) is 12.1 Å². The van der Waals surface area contributed by atoms with Crippen molar-refractivity contribution in [1.82, 2.24) is 0 Å². The van der Waals surface area contributed by atoms with E-state index in [-0.39, 0.29) is 16.3 Å². The molecule has 0 bridgehead atoms. The van der Waals surface area contributed by atoms with Gasteiger partial charge in [0.25, 0.3) is 15.7 Å². The van der Waals surface area contributed by atoms with Gasteiger partial charge in [-0.15, -0.1) is 0 Å². The first-order chi connectivity index (χ1) is 14.3. The van der Waals surface area contributed by atoms with Crippen LogP contribution in [0.2, 0.25) is 0 Å². The lowest BCUT2D eigenvalue weighted by molar-refractivity contribution is -0.384. The minimum atomic E-state index is -4.10. The van der Waals surface area contributed by atoms with E-state index < -0.39 is 20.6 Å². The molecule has 2 N–H and O–H groups in total. The fourth-order valence-electron chi connectivity index (χ4n) is 2.54. The number of nitro groups is 1. The molecule has 0 aliphatic heterocycles. The Morgan fingerprint density at radius 3 is 2.57 bits per heavy atom. The van der Waals surface area contributed by atoms with E-state index in [0.29, 0.717) is 17.2 Å². The molecule has 11 heteroatoms. The number of anilines is 2. The molecule has 0 aliphatic carbocycles. The van der Waals surface area contributed by atoms with Gasteiger partial charge in [-0.05, 0) is 43.3 Å². The zero-order valence-electron chi connectivity index (χ0n) is 16.0. The molecule has 1 aromatic heterocycles. The van der Waals surface area contributed by atoms with Crippen molar-refractivity contribution < 1.29 is 22.5 Å². The summed E-state index contributed by atoms with van der Waals surface area (Å²) in [4.78, 5) is 10.5. The summed E-state index contributed by atoms with van der Waals surface area (Å²) in [6, 6.07) is 13.3. The van der Waals surface area contributed by atoms with E-state index in [1.54, 1.807) is 37.3 Å². The van der Waals surface area contributed by atoms with Crippen molar-refractivity contribution >= 4 is 32.8 Å². The summed E-state index contributed by atoms with van der Waals surface area (Å²) in [5.41, 5.74) is 2.83. The lowest BCUT2D eigenvalue weighted by Crippen LogP contribution is -2.14. The molecule has 0 amide bonds. The Hall–Kier alpha value is -3.86. The fourth-order valence-corrected chi connectivity index (χ4v) is 3.63. The number of rotatable bonds is 8. The number of sulfonamides is 1. The van der Waals surface area contributed by atoms with Gasteiger partial charge in [0.15, 0.2) is 0 Å². The van der Waals surface area contributed by atoms with Gasteiger partial charge in [0.2, 0.25) is 0 Å². The maximum Gasteiger partial charge on any atom is 0.295 e. The molecule has 0 radical (unpaired) electrons. The van der Waals surface area contributed by atoms with Crippen LogP contribution in [-0.4, -0.2) is 26.2 Å². The topological polar surface area (TPSA) is 136 Å². The predicted molar refractivity (Wildman–Crippen MR) is 111 cm³/mol. The first kappa shape index (κ1) is 20.9. The Kier molecular flexibility index (Phi) is 6.02. The number of para-hydroxylation sites is 2. The molecule has 0 unspecified atom stereocenters. The number of nitro benzene ring substituents is 1. The van der Waals surface area contributed by atoms with E-state index in [4.69, 9.17) is 9.15 Å². The molecule has 0 fully saturated rings. The largest absolute Gasteiger partial charge is 0.495 e. The minimum absolute atomic E-state index is 0.0298. The summed E-state index contributed by atoms with van der Waals surface area (Å²) in [5, 5.41) is 15.5. The van der Waals surface area contributed by atoms with E-state index in [0.717, 1.165) is 6.07 Å². The lowest BCUT2D eigenvalue weighted by atomic mass is 10.3. The highest BCUT2D eigenvalue weighted by atomic mass is 32.2. The number of ether oxygens (including phenoxy) is 1. The predicted octanol–water partition coefficient (Wildman–Crippen LogP) is 3.83. The fraction of sp³-hybridized carbons (Fsp3) is 0.105. The SMILES string of the molecule is COc1ccccc1NS(=O)(=O)c1ccc(N/N=C(/C)c2ccco2)c([N+](=O)[O-])c1. The molecule has 2 aromatic carbocycles. The number of hydrogen-bond donors (Lipinski definition) is 2. The number of hydrogen-bond acceptors (Lipinski definition) is 8. The van der Waals surface area contributed by atoms with E-state index in [2.05, 4.69) is 15.2 Å². The monoisotopic (exact) mass is 430 g/mol. The van der Waals surface area contributed by atoms with Crippen molar-refractivity contribution in [2.45, 2.75) is 11.8 Å². The lowest BCUT2D eigenvalue weighted by Gasteiger charge is -2.12. The number of methoxy groups -OCH3 is 1. The Labute approximate surface area is 172 Å². The molecule has 3 aromatic rings. The van der Waals surface area contributed by atoms with Gasteiger partial charge in [0, 0.05) is 6.07 Å². The Morgan fingerprint density at radius 1 is 1.13 bits per heavy atom. The minimum Gasteiger partial charge on any atom is -0.495 e. The highest BCUT2D eigenvalue weighted by molar-refractivity contribution is 7.92. The van der Waals surface area contributed by atoms with Crippen molar-refractivity contribution in [2.24, 2.45) is 5.10 Å². The molecule has 10 nitrogen and oxygen atoms in total. The third-order valence-corrected chi connectivity index (χ3v) is 5.41. The van der Waals surface area contributed by atoms with Crippen LogP contribution in [0.5, 0.6) is 5.75 Å². The second-order valence-corrected chi connectivity index (χ2v) is 7.71. The van der Waals surface area contributed by atoms with Gasteiger partial charge in [-0.2, -0.15) is 5.10 Å². The van der Waals surface area contributed by atoms with Crippen molar-refractivity contribution in [3.63, 3.8) is 0 Å². The third-order valence-electron chi connectivity index (χ3n) is 4.05. The Balaban J connectivity index is 1.90. The van der Waals surface area contributed by atoms with Crippen LogP contribution < -0.4 is 14.9 Å². The van der Waals surface area contributed by atoms with Crippen LogP contribution in [0.3, 0.4) is 0 Å². The van der Waals surface area contributed by atoms with Crippen molar-refractivity contribution in [3.05, 3.63) is 76.7 Å². The van der Waals surface area contributed by atoms with Crippen LogP contribution in [-0.2, 0) is 10.0 Å². The normalized spacial score (nSPS) is 11.7. The molecule has 30 heavy (non-hydrogen) atoms. The summed E-state index contributed by atoms with van der Waals surface area (Å²) >= 11 is 0. The zero-order valence-corrected chi connectivity index (χ0v) is 16.8. The molecule has 0 saturated heterocycles. The summed E-state index contributed by atoms with van der Waals surface area (Å²) in [6.07, 6.45) is 1.48. The van der Waals surface area contributed by atoms with Crippen molar-refractivity contribution in [3.8, 4) is 5.75 Å². The van der Waals surface area contributed by atoms with Crippen LogP contribution in [0.1, 0.15) is 12.7 Å². The van der Waals surface area contributed by atoms with Crippen LogP contribution in [0.15, 0.2) is 75.3 Å². The number of nitrogens with zero attached hydrogens (tertiary/aromatic N) is 2. The number of furan rings is 1. The quantitative estimate of drug-likeness (QED) is 0.315. The Bertz CT molecular complexity index is 1190. The van der Waals surface area contributed by atoms with E-state index in [1.807, 2.05) is 0 Å². The molecule has 156 valence electrons. The van der Waals surface area contributed by atoms with E-state index in [9.17, 15) is 18.5 Å². The van der Waals surface area contributed by atoms with Gasteiger partial charge >= 0.3 is 0 Å². The van der Waals surface area contributed by atoms with Crippen LogP contribution >= 0.6 is 0 Å². The molecule has 0 spiro atoms. The molecule has 0 saturated carbocycles. The molecular weight excluding hydrogens is 412 g/mol. The maximum absolute atomic E-state index is 12.7. The molecule has 0 aliphatic rings. The van der Waals surface area contributed by atoms with E-state index in [1.165, 1.54) is 31.6 Å². The van der Waals surface area contributed by atoms with Gasteiger partial charge in [0.05, 0.1) is 28.9 Å². The van der Waals surface area contributed by atoms with Gasteiger partial charge in [-0.3, -0.25) is 20.3 Å². The summed E-state index contributed by atoms with van der Waals surface area (Å²) in [6.45, 7) is 1.66. The third kappa shape index (κ3) is 4.58. The van der Waals surface area contributed by atoms with Crippen LogP contribution in [0, 0.1) is 10.1 Å². The zero-order chi connectivity index (χ0) is 21.7. The summed E-state index contributed by atoms with van der Waals surface area (Å²) in [7, 11) is -2.69. The average molecular weight is 430 g/mol. The highest BCUT2D eigenvalue weighted by Crippen LogP contribution is 2.30. The smallest absolute Gasteiger partial charge is 0.295 e. The Morgan fingerprint density at radius 2 is 1.90 bits per heavy atom. The first-order valence-corrected chi connectivity index (χ1v) is 10.1. The second kappa shape index (κ2) is 8.66. The highest BCUT2D eigenvalue weighted by Gasteiger charge is 2.22. The number of benzene rings is 2. The van der Waals surface area contributed by atoms with Gasteiger partial charge < -0.3 is 9.15 Å². The van der Waals surface area contributed by atoms with E-state index >= 15 is 0 Å². The maximum atomic E-state index is 12.7. The molecular formula is C19H18N4O6S. The van der Waals surface area contributed by atoms with Crippen LogP contribution in [0.25, 0.3) is 0 Å². The van der Waals surface area contributed by atoms with Crippen molar-refractivity contribution in [2.75, 3.05) is 17.3 Å². The number of hydrazone groups is 1. The first-order valence-electron chi connectivity index (χ1n) is 8.60. The van der Waals surface area contributed by atoms with Crippen molar-refractivity contribution in [1.29, 1.82) is 0 Å². The molecule has 0 atom stereocenters. The van der Waals surface area contributed by atoms with Gasteiger partial charge in [0.1, 0.15) is 22.9 Å². The standard InChI is InChI=1S/C19H18N4O6S/c1-13(18-8-5-11-29-18)20-21-15-10-9-14(12-17(15)23(24)25)30(26,27)22-16-6-3-4-7-19(16)28-2/h3-12,21-22H,1-2H3/b20-13-. The summed E-state index contributed by atoms with van der Waals surface area (Å²) in [5.74, 6) is 0.807. The van der Waals surface area contributed by atoms with Gasteiger partial charge in [-0.25, -0.2) is 8.42 Å².